The Hall–Kier alpha value is -0.0800. The molecule has 84 valence electrons. The van der Waals surface area contributed by atoms with Crippen LogP contribution in [0.3, 0.4) is 0 Å². The topological polar surface area (TPSA) is 46.2 Å². The summed E-state index contributed by atoms with van der Waals surface area (Å²) < 4.78 is 0. The van der Waals surface area contributed by atoms with Crippen LogP contribution in [0.4, 0.5) is 0 Å². The monoisotopic (exact) mass is 199 g/mol. The van der Waals surface area contributed by atoms with E-state index < -0.39 is 0 Å². The lowest BCUT2D eigenvalue weighted by Gasteiger charge is -2.44. The van der Waals surface area contributed by atoms with Gasteiger partial charge in [0, 0.05) is 12.1 Å². The van der Waals surface area contributed by atoms with Crippen molar-refractivity contribution in [1.29, 1.82) is 0 Å². The SMILES string of the molecule is CC(C)(N)C1(CCO)CCCCCC1. The molecule has 0 unspecified atom stereocenters. The second-order valence-electron chi connectivity index (χ2n) is 5.39. The second-order valence-corrected chi connectivity index (χ2v) is 5.39. The molecule has 0 amide bonds. The second kappa shape index (κ2) is 4.63. The van der Waals surface area contributed by atoms with Crippen LogP contribution in [0.1, 0.15) is 58.8 Å². The van der Waals surface area contributed by atoms with Gasteiger partial charge in [0.15, 0.2) is 0 Å². The van der Waals surface area contributed by atoms with E-state index in [4.69, 9.17) is 5.73 Å². The van der Waals surface area contributed by atoms with E-state index in [-0.39, 0.29) is 17.6 Å². The van der Waals surface area contributed by atoms with E-state index in [0.29, 0.717) is 0 Å². The van der Waals surface area contributed by atoms with E-state index in [9.17, 15) is 5.11 Å². The largest absolute Gasteiger partial charge is 0.396 e. The van der Waals surface area contributed by atoms with Gasteiger partial charge in [0.2, 0.25) is 0 Å². The van der Waals surface area contributed by atoms with Crippen molar-refractivity contribution >= 4 is 0 Å². The third-order valence-corrected chi connectivity index (χ3v) is 4.02. The molecular weight excluding hydrogens is 174 g/mol. The molecule has 1 saturated carbocycles. The van der Waals surface area contributed by atoms with Gasteiger partial charge in [-0.1, -0.05) is 25.7 Å². The average molecular weight is 199 g/mol. The third-order valence-electron chi connectivity index (χ3n) is 4.02. The molecule has 0 saturated heterocycles. The van der Waals surface area contributed by atoms with Crippen LogP contribution in [-0.4, -0.2) is 17.3 Å². The summed E-state index contributed by atoms with van der Waals surface area (Å²) in [6.45, 7) is 4.52. The van der Waals surface area contributed by atoms with Gasteiger partial charge in [-0.15, -0.1) is 0 Å². The van der Waals surface area contributed by atoms with Gasteiger partial charge in [0.25, 0.3) is 0 Å². The van der Waals surface area contributed by atoms with Crippen LogP contribution in [0.2, 0.25) is 0 Å². The van der Waals surface area contributed by atoms with Gasteiger partial charge in [-0.25, -0.2) is 0 Å². The quantitative estimate of drug-likeness (QED) is 0.686. The van der Waals surface area contributed by atoms with E-state index in [1.54, 1.807) is 0 Å². The molecule has 0 spiro atoms. The van der Waals surface area contributed by atoms with Crippen molar-refractivity contribution in [2.45, 2.75) is 64.3 Å². The first kappa shape index (κ1) is 12.0. The molecule has 0 aromatic rings. The minimum absolute atomic E-state index is 0.153. The van der Waals surface area contributed by atoms with E-state index in [0.717, 1.165) is 6.42 Å². The number of aliphatic hydroxyl groups is 1. The molecule has 0 aliphatic heterocycles. The maximum atomic E-state index is 9.18. The predicted octanol–water partition coefficient (Wildman–Crippen LogP) is 2.45. The van der Waals surface area contributed by atoms with Gasteiger partial charge in [-0.05, 0) is 38.5 Å². The summed E-state index contributed by atoms with van der Waals surface area (Å²) in [7, 11) is 0. The lowest BCUT2D eigenvalue weighted by Crippen LogP contribution is -2.51. The van der Waals surface area contributed by atoms with E-state index in [1.165, 1.54) is 38.5 Å². The average Bonchev–Trinajstić information content (AvgIpc) is 2.30. The van der Waals surface area contributed by atoms with Crippen LogP contribution in [-0.2, 0) is 0 Å². The standard InChI is InChI=1S/C12H25NO/c1-11(2,13)12(9-10-14)7-5-3-4-6-8-12/h14H,3-10,13H2,1-2H3. The Morgan fingerprint density at radius 2 is 1.64 bits per heavy atom. The zero-order chi connectivity index (χ0) is 10.7. The first-order valence-corrected chi connectivity index (χ1v) is 5.92. The summed E-state index contributed by atoms with van der Waals surface area (Å²) in [6.07, 6.45) is 8.48. The van der Waals surface area contributed by atoms with Crippen molar-refractivity contribution in [2.24, 2.45) is 11.1 Å². The Labute approximate surface area is 87.9 Å². The van der Waals surface area contributed by atoms with Gasteiger partial charge >= 0.3 is 0 Å². The molecule has 1 aliphatic rings. The van der Waals surface area contributed by atoms with Crippen LogP contribution in [0, 0.1) is 5.41 Å². The van der Waals surface area contributed by atoms with Gasteiger partial charge < -0.3 is 10.8 Å². The van der Waals surface area contributed by atoms with Gasteiger partial charge in [0.05, 0.1) is 0 Å². The predicted molar refractivity (Wildman–Crippen MR) is 60.1 cm³/mol. The minimum atomic E-state index is -0.153. The lowest BCUT2D eigenvalue weighted by molar-refractivity contribution is 0.0811. The molecule has 0 aromatic heterocycles. The fraction of sp³-hybridized carbons (Fsp3) is 1.00. The lowest BCUT2D eigenvalue weighted by atomic mass is 9.65. The zero-order valence-corrected chi connectivity index (χ0v) is 9.68. The normalized spacial score (nSPS) is 23.1. The highest BCUT2D eigenvalue weighted by atomic mass is 16.3. The maximum absolute atomic E-state index is 9.18. The number of nitrogens with two attached hydrogens (primary N) is 1. The molecule has 2 heteroatoms. The molecule has 2 nitrogen and oxygen atoms in total. The summed E-state index contributed by atoms with van der Waals surface area (Å²) in [6, 6.07) is 0. The third kappa shape index (κ3) is 2.48. The van der Waals surface area contributed by atoms with Gasteiger partial charge in [0.1, 0.15) is 0 Å². The highest BCUT2D eigenvalue weighted by Crippen LogP contribution is 2.44. The Bertz CT molecular complexity index is 164. The molecule has 0 aromatic carbocycles. The summed E-state index contributed by atoms with van der Waals surface area (Å²) >= 11 is 0. The fourth-order valence-electron chi connectivity index (χ4n) is 2.84. The van der Waals surface area contributed by atoms with Crippen molar-refractivity contribution in [3.8, 4) is 0 Å². The highest BCUT2D eigenvalue weighted by molar-refractivity contribution is 4.97. The Morgan fingerprint density at radius 1 is 1.14 bits per heavy atom. The number of aliphatic hydroxyl groups excluding tert-OH is 1. The van der Waals surface area contributed by atoms with E-state index >= 15 is 0 Å². The molecule has 0 heterocycles. The Kier molecular flexibility index (Phi) is 3.96. The number of rotatable bonds is 3. The molecule has 0 bridgehead atoms. The fourth-order valence-corrected chi connectivity index (χ4v) is 2.84. The summed E-state index contributed by atoms with van der Waals surface area (Å²) in [5, 5.41) is 9.18. The molecule has 1 rings (SSSR count). The molecular formula is C12H25NO. The maximum Gasteiger partial charge on any atom is 0.0437 e. The van der Waals surface area contributed by atoms with Crippen molar-refractivity contribution in [1.82, 2.24) is 0 Å². The molecule has 1 fully saturated rings. The Morgan fingerprint density at radius 3 is 2.00 bits per heavy atom. The zero-order valence-electron chi connectivity index (χ0n) is 9.68. The minimum Gasteiger partial charge on any atom is -0.396 e. The van der Waals surface area contributed by atoms with Crippen molar-refractivity contribution in [3.63, 3.8) is 0 Å². The molecule has 1 aliphatic carbocycles. The van der Waals surface area contributed by atoms with Gasteiger partial charge in [-0.2, -0.15) is 0 Å². The highest BCUT2D eigenvalue weighted by Gasteiger charge is 2.41. The molecule has 3 N–H and O–H groups in total. The van der Waals surface area contributed by atoms with Crippen LogP contribution in [0.15, 0.2) is 0 Å². The van der Waals surface area contributed by atoms with E-state index in [1.807, 2.05) is 0 Å². The van der Waals surface area contributed by atoms with Crippen LogP contribution in [0.25, 0.3) is 0 Å². The summed E-state index contributed by atoms with van der Waals surface area (Å²) in [4.78, 5) is 0. The first-order chi connectivity index (χ1) is 6.52. The van der Waals surface area contributed by atoms with Crippen LogP contribution in [0.5, 0.6) is 0 Å². The number of hydrogen-bond acceptors (Lipinski definition) is 2. The smallest absolute Gasteiger partial charge is 0.0437 e. The molecule has 0 atom stereocenters. The van der Waals surface area contributed by atoms with Crippen molar-refractivity contribution in [3.05, 3.63) is 0 Å². The van der Waals surface area contributed by atoms with Gasteiger partial charge in [-0.3, -0.25) is 0 Å². The summed E-state index contributed by atoms with van der Waals surface area (Å²) in [5.41, 5.74) is 6.32. The molecule has 0 radical (unpaired) electrons. The summed E-state index contributed by atoms with van der Waals surface area (Å²) in [5.74, 6) is 0. The van der Waals surface area contributed by atoms with Crippen LogP contribution < -0.4 is 5.73 Å². The number of hydrogen-bond donors (Lipinski definition) is 2. The van der Waals surface area contributed by atoms with E-state index in [2.05, 4.69) is 13.8 Å². The van der Waals surface area contributed by atoms with Crippen LogP contribution >= 0.6 is 0 Å². The molecule has 14 heavy (non-hydrogen) atoms. The van der Waals surface area contributed by atoms with Crippen molar-refractivity contribution in [2.75, 3.05) is 6.61 Å². The first-order valence-electron chi connectivity index (χ1n) is 5.92. The Balaban J connectivity index is 2.77. The van der Waals surface area contributed by atoms with Crippen molar-refractivity contribution < 1.29 is 5.11 Å².